The molecule has 18 heavy (non-hydrogen) atoms. The maximum absolute atomic E-state index is 12.5. The average molecular weight is 262 g/mol. The molecule has 1 atom stereocenters. The quantitative estimate of drug-likeness (QED) is 0.636. The Hall–Kier alpha value is -1.76. The number of alkyl halides is 3. The van der Waals surface area contributed by atoms with Crippen LogP contribution in [0, 0.1) is 0 Å². The number of hydrogen-bond donors (Lipinski definition) is 2. The molecule has 0 heterocycles. The van der Waals surface area contributed by atoms with E-state index in [1.165, 1.54) is 6.07 Å². The van der Waals surface area contributed by atoms with Crippen molar-refractivity contribution in [2.75, 3.05) is 12.8 Å². The van der Waals surface area contributed by atoms with Crippen LogP contribution in [-0.4, -0.2) is 19.1 Å². The lowest BCUT2D eigenvalue weighted by Crippen LogP contribution is -2.33. The maximum Gasteiger partial charge on any atom is 0.416 e. The minimum atomic E-state index is -4.49. The van der Waals surface area contributed by atoms with Gasteiger partial charge in [-0.1, -0.05) is 0 Å². The maximum atomic E-state index is 12.5. The van der Waals surface area contributed by atoms with Gasteiger partial charge in [0.2, 0.25) is 0 Å². The molecule has 0 spiro atoms. The van der Waals surface area contributed by atoms with Gasteiger partial charge in [-0.05, 0) is 30.2 Å². The van der Waals surface area contributed by atoms with E-state index in [0.29, 0.717) is 0 Å². The third kappa shape index (κ3) is 3.63. The number of methoxy groups -OCH3 is 1. The summed E-state index contributed by atoms with van der Waals surface area (Å²) in [5.74, 6) is -0.689. The number of anilines is 1. The Morgan fingerprint density at radius 2 is 2.00 bits per heavy atom. The molecule has 0 bridgehead atoms. The highest BCUT2D eigenvalue weighted by Gasteiger charge is 2.31. The fraction of sp³-hybridized carbons (Fsp3) is 0.364. The van der Waals surface area contributed by atoms with Gasteiger partial charge in [-0.25, -0.2) is 0 Å². The first-order chi connectivity index (χ1) is 8.24. The van der Waals surface area contributed by atoms with Gasteiger partial charge in [0, 0.05) is 5.69 Å². The zero-order valence-corrected chi connectivity index (χ0v) is 9.62. The number of nitrogen functional groups attached to an aromatic ring is 1. The van der Waals surface area contributed by atoms with Gasteiger partial charge >= 0.3 is 12.1 Å². The highest BCUT2D eigenvalue weighted by molar-refractivity contribution is 5.75. The van der Waals surface area contributed by atoms with Gasteiger partial charge in [-0.3, -0.25) is 4.79 Å². The summed E-state index contributed by atoms with van der Waals surface area (Å²) >= 11 is 0. The first kappa shape index (κ1) is 14.3. The predicted octanol–water partition coefficient (Wildman–Crippen LogP) is 1.33. The van der Waals surface area contributed by atoms with E-state index in [2.05, 4.69) is 4.74 Å². The molecular formula is C11H13F3N2O2. The van der Waals surface area contributed by atoms with Crippen LogP contribution in [0.25, 0.3) is 0 Å². The summed E-state index contributed by atoms with van der Waals surface area (Å²) in [4.78, 5) is 11.1. The molecule has 0 aromatic heterocycles. The van der Waals surface area contributed by atoms with Crippen molar-refractivity contribution in [2.45, 2.75) is 18.6 Å². The molecule has 0 saturated carbocycles. The Balaban J connectivity index is 2.97. The van der Waals surface area contributed by atoms with Crippen molar-refractivity contribution in [3.63, 3.8) is 0 Å². The molecule has 1 aromatic rings. The zero-order valence-electron chi connectivity index (χ0n) is 9.62. The minimum Gasteiger partial charge on any atom is -0.468 e. The van der Waals surface area contributed by atoms with Crippen molar-refractivity contribution in [3.8, 4) is 0 Å². The van der Waals surface area contributed by atoms with E-state index in [1.54, 1.807) is 0 Å². The second-order valence-corrected chi connectivity index (χ2v) is 3.79. The van der Waals surface area contributed by atoms with E-state index < -0.39 is 23.8 Å². The predicted molar refractivity (Wildman–Crippen MR) is 59.6 cm³/mol. The van der Waals surface area contributed by atoms with Gasteiger partial charge in [0.15, 0.2) is 0 Å². The number of carbonyl (C=O) groups excluding carboxylic acids is 1. The highest BCUT2D eigenvalue weighted by Crippen LogP contribution is 2.31. The van der Waals surface area contributed by atoms with Crippen molar-refractivity contribution < 1.29 is 22.7 Å². The SMILES string of the molecule is COC(=O)[C@@H](N)Cc1cc(N)cc(C(F)(F)F)c1. The normalized spacial score (nSPS) is 13.2. The fourth-order valence-electron chi connectivity index (χ4n) is 1.49. The molecule has 0 aliphatic heterocycles. The summed E-state index contributed by atoms with van der Waals surface area (Å²) < 4.78 is 42.0. The summed E-state index contributed by atoms with van der Waals surface area (Å²) in [6, 6.07) is 2.07. The second kappa shape index (κ2) is 5.26. The number of benzene rings is 1. The highest BCUT2D eigenvalue weighted by atomic mass is 19.4. The van der Waals surface area contributed by atoms with Gasteiger partial charge in [0.25, 0.3) is 0 Å². The summed E-state index contributed by atoms with van der Waals surface area (Å²) in [5, 5.41) is 0. The Bertz CT molecular complexity index is 446. The Morgan fingerprint density at radius 3 is 2.50 bits per heavy atom. The molecule has 0 amide bonds. The van der Waals surface area contributed by atoms with Crippen molar-refractivity contribution in [1.82, 2.24) is 0 Å². The molecule has 0 radical (unpaired) electrons. The third-order valence-electron chi connectivity index (χ3n) is 2.30. The summed E-state index contributed by atoms with van der Waals surface area (Å²) in [7, 11) is 1.16. The average Bonchev–Trinajstić information content (AvgIpc) is 2.25. The number of halogens is 3. The van der Waals surface area contributed by atoms with Crippen LogP contribution in [0.15, 0.2) is 18.2 Å². The number of ether oxygens (including phenoxy) is 1. The molecule has 7 heteroatoms. The van der Waals surface area contributed by atoms with Gasteiger partial charge in [-0.2, -0.15) is 13.2 Å². The van der Waals surface area contributed by atoms with E-state index in [-0.39, 0.29) is 17.7 Å². The number of esters is 1. The van der Waals surface area contributed by atoms with Crippen LogP contribution in [0.5, 0.6) is 0 Å². The van der Waals surface area contributed by atoms with Gasteiger partial charge in [-0.15, -0.1) is 0 Å². The lowest BCUT2D eigenvalue weighted by atomic mass is 10.0. The van der Waals surface area contributed by atoms with Crippen molar-refractivity contribution >= 4 is 11.7 Å². The number of rotatable bonds is 3. The smallest absolute Gasteiger partial charge is 0.416 e. The van der Waals surface area contributed by atoms with Crippen LogP contribution in [0.1, 0.15) is 11.1 Å². The zero-order chi connectivity index (χ0) is 13.9. The number of nitrogens with two attached hydrogens (primary N) is 2. The number of carbonyl (C=O) groups is 1. The molecular weight excluding hydrogens is 249 g/mol. The lowest BCUT2D eigenvalue weighted by Gasteiger charge is -2.13. The van der Waals surface area contributed by atoms with E-state index in [4.69, 9.17) is 11.5 Å². The first-order valence-electron chi connectivity index (χ1n) is 5.04. The van der Waals surface area contributed by atoms with Gasteiger partial charge < -0.3 is 16.2 Å². The molecule has 1 rings (SSSR count). The topological polar surface area (TPSA) is 78.3 Å². The molecule has 4 nitrogen and oxygen atoms in total. The lowest BCUT2D eigenvalue weighted by molar-refractivity contribution is -0.142. The first-order valence-corrected chi connectivity index (χ1v) is 5.04. The fourth-order valence-corrected chi connectivity index (χ4v) is 1.49. The molecule has 1 aromatic carbocycles. The molecule has 0 aliphatic rings. The van der Waals surface area contributed by atoms with Gasteiger partial charge in [0.05, 0.1) is 12.7 Å². The summed E-state index contributed by atoms with van der Waals surface area (Å²) in [6.07, 6.45) is -4.56. The van der Waals surface area contributed by atoms with Crippen molar-refractivity contribution in [2.24, 2.45) is 5.73 Å². The van der Waals surface area contributed by atoms with Crippen LogP contribution in [0.2, 0.25) is 0 Å². The van der Waals surface area contributed by atoms with Crippen molar-refractivity contribution in [1.29, 1.82) is 0 Å². The Morgan fingerprint density at radius 1 is 1.39 bits per heavy atom. The molecule has 100 valence electrons. The van der Waals surface area contributed by atoms with Crippen LogP contribution in [-0.2, 0) is 22.1 Å². The monoisotopic (exact) mass is 262 g/mol. The van der Waals surface area contributed by atoms with Gasteiger partial charge in [0.1, 0.15) is 6.04 Å². The Kier molecular flexibility index (Phi) is 4.18. The largest absolute Gasteiger partial charge is 0.468 e. The van der Waals surface area contributed by atoms with Crippen LogP contribution < -0.4 is 11.5 Å². The second-order valence-electron chi connectivity index (χ2n) is 3.79. The standard InChI is InChI=1S/C11H13F3N2O2/c1-18-10(17)9(16)4-6-2-7(11(12,13)14)5-8(15)3-6/h2-3,5,9H,4,15-16H2,1H3/t9-/m0/s1. The molecule has 4 N–H and O–H groups in total. The minimum absolute atomic E-state index is 0.0307. The van der Waals surface area contributed by atoms with E-state index in [1.807, 2.05) is 0 Å². The molecule has 0 saturated heterocycles. The summed E-state index contributed by atoms with van der Waals surface area (Å²) in [5.41, 5.74) is 10.2. The molecule has 0 aliphatic carbocycles. The van der Waals surface area contributed by atoms with E-state index >= 15 is 0 Å². The van der Waals surface area contributed by atoms with Crippen LogP contribution in [0.4, 0.5) is 18.9 Å². The third-order valence-corrected chi connectivity index (χ3v) is 2.30. The van der Waals surface area contributed by atoms with E-state index in [9.17, 15) is 18.0 Å². The van der Waals surface area contributed by atoms with Crippen LogP contribution in [0.3, 0.4) is 0 Å². The van der Waals surface area contributed by atoms with E-state index in [0.717, 1.165) is 19.2 Å². The molecule has 0 unspecified atom stereocenters. The van der Waals surface area contributed by atoms with Crippen LogP contribution >= 0.6 is 0 Å². The van der Waals surface area contributed by atoms with Crippen molar-refractivity contribution in [3.05, 3.63) is 29.3 Å². The molecule has 0 fully saturated rings. The summed E-state index contributed by atoms with van der Waals surface area (Å²) in [6.45, 7) is 0. The Labute approximate surface area is 102 Å². The number of hydrogen-bond acceptors (Lipinski definition) is 4.